The summed E-state index contributed by atoms with van der Waals surface area (Å²) in [4.78, 5) is 13.4. The maximum absolute atomic E-state index is 4.53. The average Bonchev–Trinajstić information content (AvgIpc) is 2.34. The second-order valence-electron chi connectivity index (χ2n) is 3.84. The van der Waals surface area contributed by atoms with Gasteiger partial charge in [-0.05, 0) is 25.8 Å². The van der Waals surface area contributed by atoms with Gasteiger partial charge in [0.2, 0.25) is 0 Å². The van der Waals surface area contributed by atoms with Crippen LogP contribution in [0.15, 0.2) is 11.1 Å². The van der Waals surface area contributed by atoms with Crippen molar-refractivity contribution in [3.05, 3.63) is 23.3 Å². The fraction of sp³-hybridized carbons (Fsp3) is 0.500. The SMILES string of the molecule is CCC=Nc1c(C)nc(CC)nc1/C=C\CC. The summed E-state index contributed by atoms with van der Waals surface area (Å²) < 4.78 is 0. The standard InChI is InChI=1S/C14H21N3/c1-5-8-9-12-14(15-10-6-2)11(4)16-13(7-3)17-12/h8-10H,5-7H2,1-4H3/b9-8-,15-10?. The third-order valence-electron chi connectivity index (χ3n) is 2.36. The second-order valence-corrected chi connectivity index (χ2v) is 3.84. The molecule has 1 heterocycles. The number of allylic oxidation sites excluding steroid dienone is 1. The molecular weight excluding hydrogens is 210 g/mol. The zero-order valence-corrected chi connectivity index (χ0v) is 11.2. The van der Waals surface area contributed by atoms with Crippen molar-refractivity contribution in [3.63, 3.8) is 0 Å². The van der Waals surface area contributed by atoms with Crippen molar-refractivity contribution < 1.29 is 0 Å². The highest BCUT2D eigenvalue weighted by molar-refractivity contribution is 5.69. The molecule has 0 spiro atoms. The molecule has 92 valence electrons. The van der Waals surface area contributed by atoms with E-state index in [-0.39, 0.29) is 0 Å². The molecule has 0 bridgehead atoms. The molecular formula is C14H21N3. The molecule has 0 aliphatic heterocycles. The number of hydrogen-bond acceptors (Lipinski definition) is 3. The third-order valence-corrected chi connectivity index (χ3v) is 2.36. The lowest BCUT2D eigenvalue weighted by Gasteiger charge is -2.06. The average molecular weight is 231 g/mol. The van der Waals surface area contributed by atoms with Gasteiger partial charge in [0, 0.05) is 12.6 Å². The largest absolute Gasteiger partial charge is 0.257 e. The first-order chi connectivity index (χ1) is 8.22. The van der Waals surface area contributed by atoms with Gasteiger partial charge in [-0.1, -0.05) is 26.8 Å². The predicted molar refractivity (Wildman–Crippen MR) is 73.9 cm³/mol. The first-order valence-corrected chi connectivity index (χ1v) is 6.29. The molecule has 0 fully saturated rings. The number of aromatic nitrogens is 2. The number of aliphatic imine (C=N–C) groups is 1. The van der Waals surface area contributed by atoms with Crippen molar-refractivity contribution in [2.45, 2.75) is 47.0 Å². The molecule has 3 nitrogen and oxygen atoms in total. The van der Waals surface area contributed by atoms with Gasteiger partial charge in [0.05, 0.1) is 11.4 Å². The van der Waals surface area contributed by atoms with Gasteiger partial charge in [-0.2, -0.15) is 0 Å². The summed E-state index contributed by atoms with van der Waals surface area (Å²) in [5.74, 6) is 0.883. The molecule has 3 heteroatoms. The van der Waals surface area contributed by atoms with Crippen LogP contribution in [0.25, 0.3) is 6.08 Å². The fourth-order valence-electron chi connectivity index (χ4n) is 1.49. The van der Waals surface area contributed by atoms with Crippen molar-refractivity contribution in [2.75, 3.05) is 0 Å². The Morgan fingerprint density at radius 1 is 1.12 bits per heavy atom. The van der Waals surface area contributed by atoms with Crippen molar-refractivity contribution >= 4 is 18.0 Å². The van der Waals surface area contributed by atoms with E-state index in [2.05, 4.69) is 41.8 Å². The van der Waals surface area contributed by atoms with E-state index in [0.717, 1.165) is 42.2 Å². The van der Waals surface area contributed by atoms with E-state index in [1.807, 2.05) is 19.2 Å². The van der Waals surface area contributed by atoms with E-state index in [4.69, 9.17) is 0 Å². The summed E-state index contributed by atoms with van der Waals surface area (Å²) >= 11 is 0. The second kappa shape index (κ2) is 6.94. The van der Waals surface area contributed by atoms with Crippen molar-refractivity contribution in [2.24, 2.45) is 4.99 Å². The molecule has 0 saturated heterocycles. The Labute approximate surface area is 104 Å². The minimum Gasteiger partial charge on any atom is -0.257 e. The maximum Gasteiger partial charge on any atom is 0.129 e. The van der Waals surface area contributed by atoms with Crippen LogP contribution in [0.5, 0.6) is 0 Å². The first kappa shape index (κ1) is 13.6. The van der Waals surface area contributed by atoms with Crippen LogP contribution >= 0.6 is 0 Å². The molecule has 0 aliphatic carbocycles. The van der Waals surface area contributed by atoms with Gasteiger partial charge in [-0.3, -0.25) is 4.99 Å². The van der Waals surface area contributed by atoms with Crippen molar-refractivity contribution in [1.82, 2.24) is 9.97 Å². The zero-order chi connectivity index (χ0) is 12.7. The fourth-order valence-corrected chi connectivity index (χ4v) is 1.49. The maximum atomic E-state index is 4.53. The topological polar surface area (TPSA) is 38.1 Å². The lowest BCUT2D eigenvalue weighted by molar-refractivity contribution is 0.911. The molecule has 0 unspecified atom stereocenters. The van der Waals surface area contributed by atoms with E-state index < -0.39 is 0 Å². The Kier molecular flexibility index (Phi) is 5.53. The number of hydrogen-bond donors (Lipinski definition) is 0. The lowest BCUT2D eigenvalue weighted by atomic mass is 10.2. The minimum atomic E-state index is 0.853. The predicted octanol–water partition coefficient (Wildman–Crippen LogP) is 3.88. The number of rotatable bonds is 5. The van der Waals surface area contributed by atoms with Crippen molar-refractivity contribution in [1.29, 1.82) is 0 Å². The Balaban J connectivity index is 3.23. The van der Waals surface area contributed by atoms with Crippen LogP contribution in [0.1, 0.15) is 50.8 Å². The van der Waals surface area contributed by atoms with E-state index in [1.54, 1.807) is 0 Å². The highest BCUT2D eigenvalue weighted by Gasteiger charge is 2.07. The van der Waals surface area contributed by atoms with E-state index in [1.165, 1.54) is 0 Å². The van der Waals surface area contributed by atoms with Crippen LogP contribution < -0.4 is 0 Å². The van der Waals surface area contributed by atoms with Gasteiger partial charge in [0.15, 0.2) is 0 Å². The van der Waals surface area contributed by atoms with Crippen LogP contribution in [-0.4, -0.2) is 16.2 Å². The molecule has 0 N–H and O–H groups in total. The van der Waals surface area contributed by atoms with Crippen LogP contribution in [0.3, 0.4) is 0 Å². The highest BCUT2D eigenvalue weighted by Crippen LogP contribution is 2.22. The summed E-state index contributed by atoms with van der Waals surface area (Å²) in [6, 6.07) is 0. The molecule has 1 aromatic heterocycles. The van der Waals surface area contributed by atoms with E-state index in [9.17, 15) is 0 Å². The summed E-state index contributed by atoms with van der Waals surface area (Å²) in [5, 5.41) is 0. The smallest absolute Gasteiger partial charge is 0.129 e. The molecule has 0 atom stereocenters. The molecule has 0 aromatic carbocycles. The monoisotopic (exact) mass is 231 g/mol. The first-order valence-electron chi connectivity index (χ1n) is 6.29. The number of aryl methyl sites for hydroxylation is 2. The summed E-state index contributed by atoms with van der Waals surface area (Å²) in [5.41, 5.74) is 2.78. The minimum absolute atomic E-state index is 0.853. The van der Waals surface area contributed by atoms with Crippen molar-refractivity contribution in [3.8, 4) is 0 Å². The van der Waals surface area contributed by atoms with E-state index >= 15 is 0 Å². The van der Waals surface area contributed by atoms with Gasteiger partial charge in [0.1, 0.15) is 11.5 Å². The Hall–Kier alpha value is -1.51. The van der Waals surface area contributed by atoms with Crippen LogP contribution in [0.4, 0.5) is 5.69 Å². The molecule has 1 rings (SSSR count). The molecule has 0 saturated carbocycles. The zero-order valence-electron chi connectivity index (χ0n) is 11.2. The molecule has 0 aliphatic rings. The lowest BCUT2D eigenvalue weighted by Crippen LogP contribution is -1.98. The summed E-state index contributed by atoms with van der Waals surface area (Å²) in [6.45, 7) is 8.24. The normalized spacial score (nSPS) is 11.8. The van der Waals surface area contributed by atoms with Crippen LogP contribution in [-0.2, 0) is 6.42 Å². The van der Waals surface area contributed by atoms with Gasteiger partial charge in [-0.15, -0.1) is 0 Å². The van der Waals surface area contributed by atoms with Gasteiger partial charge < -0.3 is 0 Å². The van der Waals surface area contributed by atoms with Gasteiger partial charge in [0.25, 0.3) is 0 Å². The van der Waals surface area contributed by atoms with Crippen LogP contribution in [0.2, 0.25) is 0 Å². The van der Waals surface area contributed by atoms with Gasteiger partial charge in [-0.25, -0.2) is 9.97 Å². The Morgan fingerprint density at radius 3 is 2.47 bits per heavy atom. The van der Waals surface area contributed by atoms with Gasteiger partial charge >= 0.3 is 0 Å². The molecule has 0 amide bonds. The van der Waals surface area contributed by atoms with Crippen LogP contribution in [0, 0.1) is 6.92 Å². The summed E-state index contributed by atoms with van der Waals surface area (Å²) in [7, 11) is 0. The quantitative estimate of drug-likeness (QED) is 0.721. The highest BCUT2D eigenvalue weighted by atomic mass is 14.9. The summed E-state index contributed by atoms with van der Waals surface area (Å²) in [6.07, 6.45) is 8.82. The number of nitrogens with zero attached hydrogens (tertiary/aromatic N) is 3. The Morgan fingerprint density at radius 2 is 1.88 bits per heavy atom. The molecule has 17 heavy (non-hydrogen) atoms. The molecule has 0 radical (unpaired) electrons. The molecule has 1 aromatic rings. The Bertz CT molecular complexity index is 420. The third kappa shape index (κ3) is 3.77. The van der Waals surface area contributed by atoms with E-state index in [0.29, 0.717) is 0 Å².